The van der Waals surface area contributed by atoms with Crippen LogP contribution in [0.25, 0.3) is 21.8 Å². The van der Waals surface area contributed by atoms with Crippen LogP contribution in [0.15, 0.2) is 54.6 Å². The van der Waals surface area contributed by atoms with Crippen LogP contribution in [0, 0.1) is 11.3 Å². The summed E-state index contributed by atoms with van der Waals surface area (Å²) in [7, 11) is 0. The average Bonchev–Trinajstić information content (AvgIpc) is 3.02. The van der Waals surface area contributed by atoms with Crippen molar-refractivity contribution in [3.05, 3.63) is 76.9 Å². The third kappa shape index (κ3) is 2.76. The van der Waals surface area contributed by atoms with Gasteiger partial charge in [-0.1, -0.05) is 25.1 Å². The van der Waals surface area contributed by atoms with E-state index in [4.69, 9.17) is 5.73 Å². The van der Waals surface area contributed by atoms with Gasteiger partial charge in [-0.05, 0) is 53.9 Å². The zero-order valence-electron chi connectivity index (χ0n) is 15.4. The summed E-state index contributed by atoms with van der Waals surface area (Å²) in [6, 6.07) is 18.7. The van der Waals surface area contributed by atoms with Gasteiger partial charge >= 0.3 is 0 Å². The maximum atomic E-state index is 12.0. The molecular weight excluding hydrogens is 350 g/mol. The maximum absolute atomic E-state index is 12.0. The van der Waals surface area contributed by atoms with Gasteiger partial charge in [-0.25, -0.2) is 0 Å². The van der Waals surface area contributed by atoms with E-state index < -0.39 is 5.91 Å². The lowest BCUT2D eigenvalue weighted by Crippen LogP contribution is -2.11. The molecule has 1 amide bonds. The van der Waals surface area contributed by atoms with Crippen LogP contribution in [0.2, 0.25) is 0 Å². The third-order valence-electron chi connectivity index (χ3n) is 5.10. The van der Waals surface area contributed by atoms with Crippen molar-refractivity contribution in [2.45, 2.75) is 19.9 Å². The maximum Gasteiger partial charge on any atom is 0.249 e. The fourth-order valence-corrected chi connectivity index (χ4v) is 3.80. The second-order valence-corrected chi connectivity index (χ2v) is 6.82. The van der Waals surface area contributed by atoms with Gasteiger partial charge in [0.25, 0.3) is 0 Å². The average molecular weight is 369 g/mol. The van der Waals surface area contributed by atoms with Gasteiger partial charge < -0.3 is 15.4 Å². The second kappa shape index (κ2) is 6.75. The zero-order valence-corrected chi connectivity index (χ0v) is 15.4. The molecule has 5 nitrogen and oxygen atoms in total. The van der Waals surface area contributed by atoms with Crippen molar-refractivity contribution in [2.24, 2.45) is 5.73 Å². The molecule has 0 bridgehead atoms. The van der Waals surface area contributed by atoms with Gasteiger partial charge in [-0.2, -0.15) is 5.26 Å². The number of hydrogen-bond acceptors (Lipinski definition) is 3. The van der Waals surface area contributed by atoms with Crippen LogP contribution in [0.5, 0.6) is 5.75 Å². The number of hydrogen-bond donors (Lipinski definition) is 2. The summed E-state index contributed by atoms with van der Waals surface area (Å²) >= 11 is 0. The molecule has 138 valence electrons. The van der Waals surface area contributed by atoms with Gasteiger partial charge in [0.2, 0.25) is 5.91 Å². The molecule has 4 rings (SSSR count). The minimum atomic E-state index is -0.532. The number of phenols is 1. The Balaban J connectivity index is 2.08. The Bertz CT molecular complexity index is 1280. The predicted molar refractivity (Wildman–Crippen MR) is 109 cm³/mol. The first-order chi connectivity index (χ1) is 13.5. The largest absolute Gasteiger partial charge is 0.507 e. The number of aryl methyl sites for hydroxylation is 1. The molecule has 0 aliphatic heterocycles. The van der Waals surface area contributed by atoms with Crippen molar-refractivity contribution in [1.82, 2.24) is 4.57 Å². The van der Waals surface area contributed by atoms with Crippen LogP contribution >= 0.6 is 0 Å². The molecule has 0 fully saturated rings. The lowest BCUT2D eigenvalue weighted by molar-refractivity contribution is 0.100. The summed E-state index contributed by atoms with van der Waals surface area (Å²) in [5, 5.41) is 21.2. The molecule has 0 radical (unpaired) electrons. The number of phenolic OH excluding ortho intramolecular Hbond substituents is 1. The highest BCUT2D eigenvalue weighted by Gasteiger charge is 2.19. The van der Waals surface area contributed by atoms with Crippen molar-refractivity contribution >= 4 is 27.7 Å². The minimum Gasteiger partial charge on any atom is -0.507 e. The summed E-state index contributed by atoms with van der Waals surface area (Å²) < 4.78 is 2.06. The zero-order chi connectivity index (χ0) is 19.8. The van der Waals surface area contributed by atoms with E-state index in [1.165, 1.54) is 0 Å². The van der Waals surface area contributed by atoms with Crippen molar-refractivity contribution in [1.29, 1.82) is 5.26 Å². The van der Waals surface area contributed by atoms with Crippen molar-refractivity contribution < 1.29 is 9.90 Å². The Morgan fingerprint density at radius 1 is 1.07 bits per heavy atom. The van der Waals surface area contributed by atoms with Gasteiger partial charge in [0.15, 0.2) is 0 Å². The van der Waals surface area contributed by atoms with Crippen LogP contribution in [0.3, 0.4) is 0 Å². The number of aromatic hydroxyl groups is 1. The van der Waals surface area contributed by atoms with E-state index in [1.807, 2.05) is 37.3 Å². The molecule has 1 heterocycles. The first-order valence-electron chi connectivity index (χ1n) is 9.09. The Kier molecular flexibility index (Phi) is 4.25. The number of primary amides is 1. The molecule has 4 aromatic rings. The first kappa shape index (κ1) is 17.6. The Labute approximate surface area is 162 Å². The van der Waals surface area contributed by atoms with Crippen molar-refractivity contribution in [2.75, 3.05) is 0 Å². The van der Waals surface area contributed by atoms with E-state index in [2.05, 4.69) is 10.6 Å². The van der Waals surface area contributed by atoms with Crippen LogP contribution in [0.1, 0.15) is 34.0 Å². The van der Waals surface area contributed by atoms with E-state index in [9.17, 15) is 15.2 Å². The first-order valence-corrected chi connectivity index (χ1v) is 9.09. The van der Waals surface area contributed by atoms with Crippen molar-refractivity contribution in [3.8, 4) is 11.8 Å². The number of nitrogens with two attached hydrogens (primary N) is 1. The van der Waals surface area contributed by atoms with Crippen LogP contribution in [0.4, 0.5) is 0 Å². The SMILES string of the molecule is CCc1cc(O)c2c3c(C(N)=O)cccc3n(Cc3cccc(C#N)c3)c2c1. The molecule has 5 heteroatoms. The number of aromatic nitrogens is 1. The Morgan fingerprint density at radius 3 is 2.57 bits per heavy atom. The monoisotopic (exact) mass is 369 g/mol. The highest BCUT2D eigenvalue weighted by atomic mass is 16.3. The quantitative estimate of drug-likeness (QED) is 0.568. The highest BCUT2D eigenvalue weighted by Crippen LogP contribution is 2.38. The number of nitrogens with zero attached hydrogens (tertiary/aromatic N) is 2. The van der Waals surface area contributed by atoms with Crippen LogP contribution in [-0.4, -0.2) is 15.6 Å². The molecule has 0 aliphatic carbocycles. The van der Waals surface area contributed by atoms with Crippen LogP contribution < -0.4 is 5.73 Å². The summed E-state index contributed by atoms with van der Waals surface area (Å²) in [6.07, 6.45) is 0.775. The molecule has 0 unspecified atom stereocenters. The second-order valence-electron chi connectivity index (χ2n) is 6.82. The molecule has 0 spiro atoms. The highest BCUT2D eigenvalue weighted by molar-refractivity contribution is 6.19. The molecule has 0 saturated heterocycles. The van der Waals surface area contributed by atoms with Gasteiger partial charge in [0.1, 0.15) is 5.75 Å². The molecule has 3 aromatic carbocycles. The number of carbonyl (C=O) groups excluding carboxylic acids is 1. The standard InChI is InChI=1S/C23H19N3O2/c1-2-14-10-19-22(20(27)11-14)21-17(23(25)28)7-4-8-18(21)26(19)13-16-6-3-5-15(9-16)12-24/h3-11,27H,2,13H2,1H3,(H2,25,28). The predicted octanol–water partition coefficient (Wildman–Crippen LogP) is 4.08. The number of amides is 1. The Morgan fingerprint density at radius 2 is 1.86 bits per heavy atom. The normalized spacial score (nSPS) is 11.0. The third-order valence-corrected chi connectivity index (χ3v) is 5.10. The molecule has 3 N–H and O–H groups in total. The van der Waals surface area contributed by atoms with Crippen LogP contribution in [-0.2, 0) is 13.0 Å². The van der Waals surface area contributed by atoms with E-state index in [-0.39, 0.29) is 5.75 Å². The number of carbonyl (C=O) groups is 1. The minimum absolute atomic E-state index is 0.137. The molecule has 0 atom stereocenters. The fourth-order valence-electron chi connectivity index (χ4n) is 3.80. The van der Waals surface area contributed by atoms with Crippen molar-refractivity contribution in [3.63, 3.8) is 0 Å². The summed E-state index contributed by atoms with van der Waals surface area (Å²) in [5.41, 5.74) is 10.2. The number of benzene rings is 3. The molecule has 0 saturated carbocycles. The lowest BCUT2D eigenvalue weighted by atomic mass is 10.0. The lowest BCUT2D eigenvalue weighted by Gasteiger charge is -2.09. The molecular formula is C23H19N3O2. The number of nitriles is 1. The molecule has 0 aliphatic rings. The van der Waals surface area contributed by atoms with E-state index in [0.717, 1.165) is 28.6 Å². The van der Waals surface area contributed by atoms with Gasteiger partial charge in [-0.15, -0.1) is 0 Å². The topological polar surface area (TPSA) is 92.0 Å². The van der Waals surface area contributed by atoms with Gasteiger partial charge in [0.05, 0.1) is 28.1 Å². The van der Waals surface area contributed by atoms with E-state index in [0.29, 0.717) is 28.4 Å². The smallest absolute Gasteiger partial charge is 0.249 e. The van der Waals surface area contributed by atoms with E-state index in [1.54, 1.807) is 24.3 Å². The summed E-state index contributed by atoms with van der Waals surface area (Å²) in [4.78, 5) is 12.0. The van der Waals surface area contributed by atoms with Gasteiger partial charge in [-0.3, -0.25) is 4.79 Å². The molecule has 28 heavy (non-hydrogen) atoms. The number of rotatable bonds is 4. The summed E-state index contributed by atoms with van der Waals surface area (Å²) in [6.45, 7) is 2.53. The van der Waals surface area contributed by atoms with Gasteiger partial charge in [0, 0.05) is 17.5 Å². The van der Waals surface area contributed by atoms with E-state index >= 15 is 0 Å². The number of fused-ring (bicyclic) bond motifs is 3. The summed E-state index contributed by atoms with van der Waals surface area (Å²) in [5.74, 6) is -0.396. The molecule has 1 aromatic heterocycles. The fraction of sp³-hybridized carbons (Fsp3) is 0.130. The Hall–Kier alpha value is -3.78.